The molecule has 2 aliphatic heterocycles. The summed E-state index contributed by atoms with van der Waals surface area (Å²) in [6.45, 7) is 5.86. The Labute approximate surface area is 113 Å². The van der Waals surface area contributed by atoms with Crippen LogP contribution < -0.4 is 0 Å². The van der Waals surface area contributed by atoms with Gasteiger partial charge in [0.15, 0.2) is 0 Å². The zero-order chi connectivity index (χ0) is 12.8. The normalized spacial score (nSPS) is 26.6. The van der Waals surface area contributed by atoms with Gasteiger partial charge in [-0.25, -0.2) is 0 Å². The van der Waals surface area contributed by atoms with E-state index in [0.717, 1.165) is 6.04 Å². The maximum Gasteiger partial charge on any atom is 0.0997 e. The highest BCUT2D eigenvalue weighted by molar-refractivity contribution is 5.86. The van der Waals surface area contributed by atoms with Gasteiger partial charge in [-0.15, -0.1) is 0 Å². The fourth-order valence-electron chi connectivity index (χ4n) is 3.47. The van der Waals surface area contributed by atoms with Crippen LogP contribution >= 0.6 is 0 Å². The summed E-state index contributed by atoms with van der Waals surface area (Å²) in [6.07, 6.45) is 13.5. The predicted octanol–water partition coefficient (Wildman–Crippen LogP) is 4.39. The van der Waals surface area contributed by atoms with Gasteiger partial charge in [0.05, 0.1) is 17.9 Å². The minimum absolute atomic E-state index is 0.628. The maximum atomic E-state index is 5.02. The molecular weight excluding hydrogens is 220 g/mol. The average molecular weight is 250 g/mol. The monoisotopic (exact) mass is 250 g/mol. The van der Waals surface area contributed by atoms with Crippen LogP contribution in [0.3, 0.4) is 0 Å². The molecule has 2 heteroatoms. The summed E-state index contributed by atoms with van der Waals surface area (Å²) in [4.78, 5) is 7.67. The van der Waals surface area contributed by atoms with Crippen molar-refractivity contribution < 1.29 is 0 Å². The van der Waals surface area contributed by atoms with E-state index in [2.05, 4.69) is 18.7 Å². The summed E-state index contributed by atoms with van der Waals surface area (Å²) in [5.41, 5.74) is 0. The van der Waals surface area contributed by atoms with Crippen LogP contribution in [0.1, 0.15) is 78.1 Å². The van der Waals surface area contributed by atoms with E-state index in [1.807, 2.05) is 0 Å². The molecule has 0 aromatic carbocycles. The second-order valence-electron chi connectivity index (χ2n) is 5.97. The quantitative estimate of drug-likeness (QED) is 0.583. The summed E-state index contributed by atoms with van der Waals surface area (Å²) >= 11 is 0. The van der Waals surface area contributed by atoms with Crippen LogP contribution in [0.5, 0.6) is 0 Å². The molecule has 2 aliphatic rings. The van der Waals surface area contributed by atoms with Crippen LogP contribution in [-0.2, 0) is 0 Å². The Balaban J connectivity index is 1.86. The first-order chi connectivity index (χ1) is 8.86. The highest BCUT2D eigenvalue weighted by atomic mass is 15.3. The number of fused-ring (bicyclic) bond motifs is 1. The van der Waals surface area contributed by atoms with Crippen molar-refractivity contribution in [2.45, 2.75) is 90.1 Å². The number of rotatable bonds is 8. The number of hydrogen-bond donors (Lipinski definition) is 0. The molecule has 0 bridgehead atoms. The highest BCUT2D eigenvalue weighted by Gasteiger charge is 2.37. The summed E-state index contributed by atoms with van der Waals surface area (Å²) < 4.78 is 0. The standard InChI is InChI=1S/C16H30N2/c1-3-5-7-10-14-15(11-8-6-4-2)18-13-9-12-16(18)17-14/h14-15H,3-13H2,1-2H3. The van der Waals surface area contributed by atoms with Crippen molar-refractivity contribution >= 4 is 5.84 Å². The molecule has 0 saturated carbocycles. The number of amidine groups is 1. The van der Waals surface area contributed by atoms with Crippen molar-refractivity contribution in [3.05, 3.63) is 0 Å². The molecule has 0 radical (unpaired) electrons. The lowest BCUT2D eigenvalue weighted by Crippen LogP contribution is -2.37. The Morgan fingerprint density at radius 3 is 2.50 bits per heavy atom. The van der Waals surface area contributed by atoms with Crippen LogP contribution in [0.4, 0.5) is 0 Å². The summed E-state index contributed by atoms with van der Waals surface area (Å²) in [7, 11) is 0. The Hall–Kier alpha value is -0.530. The van der Waals surface area contributed by atoms with Gasteiger partial charge in [0.2, 0.25) is 0 Å². The first kappa shape index (κ1) is 13.9. The second kappa shape index (κ2) is 7.16. The number of nitrogens with zero attached hydrogens (tertiary/aromatic N) is 2. The molecular formula is C16H30N2. The molecule has 2 nitrogen and oxygen atoms in total. The van der Waals surface area contributed by atoms with Crippen molar-refractivity contribution in [3.8, 4) is 0 Å². The first-order valence-corrected chi connectivity index (χ1v) is 8.20. The zero-order valence-electron chi connectivity index (χ0n) is 12.3. The molecule has 0 aromatic heterocycles. The van der Waals surface area contributed by atoms with Gasteiger partial charge >= 0.3 is 0 Å². The van der Waals surface area contributed by atoms with Crippen LogP contribution in [0, 0.1) is 0 Å². The lowest BCUT2D eigenvalue weighted by atomic mass is 9.97. The minimum atomic E-state index is 0.628. The van der Waals surface area contributed by atoms with Gasteiger partial charge < -0.3 is 4.90 Å². The Morgan fingerprint density at radius 1 is 1.06 bits per heavy atom. The van der Waals surface area contributed by atoms with Gasteiger partial charge in [0.25, 0.3) is 0 Å². The minimum Gasteiger partial charge on any atom is -0.355 e. The van der Waals surface area contributed by atoms with Crippen LogP contribution in [0.2, 0.25) is 0 Å². The first-order valence-electron chi connectivity index (χ1n) is 8.20. The Kier molecular flexibility index (Phi) is 5.52. The molecule has 18 heavy (non-hydrogen) atoms. The lowest BCUT2D eigenvalue weighted by Gasteiger charge is -2.27. The molecule has 0 aromatic rings. The van der Waals surface area contributed by atoms with Crippen molar-refractivity contribution in [2.75, 3.05) is 6.54 Å². The molecule has 1 fully saturated rings. The molecule has 2 heterocycles. The maximum absolute atomic E-state index is 5.02. The van der Waals surface area contributed by atoms with E-state index in [4.69, 9.17) is 4.99 Å². The van der Waals surface area contributed by atoms with E-state index in [-0.39, 0.29) is 0 Å². The smallest absolute Gasteiger partial charge is 0.0997 e. The fraction of sp³-hybridized carbons (Fsp3) is 0.938. The van der Waals surface area contributed by atoms with E-state index < -0.39 is 0 Å². The predicted molar refractivity (Wildman–Crippen MR) is 79.2 cm³/mol. The van der Waals surface area contributed by atoms with Crippen molar-refractivity contribution in [1.82, 2.24) is 4.90 Å². The second-order valence-corrected chi connectivity index (χ2v) is 5.97. The van der Waals surface area contributed by atoms with Gasteiger partial charge in [0.1, 0.15) is 0 Å². The molecule has 2 unspecified atom stereocenters. The van der Waals surface area contributed by atoms with Crippen LogP contribution in [0.25, 0.3) is 0 Å². The molecule has 2 rings (SSSR count). The number of hydrogen-bond acceptors (Lipinski definition) is 2. The average Bonchev–Trinajstić information content (AvgIpc) is 2.92. The summed E-state index contributed by atoms with van der Waals surface area (Å²) in [6, 6.07) is 1.38. The van der Waals surface area contributed by atoms with E-state index in [1.165, 1.54) is 76.6 Å². The zero-order valence-corrected chi connectivity index (χ0v) is 12.3. The molecule has 0 N–H and O–H groups in total. The van der Waals surface area contributed by atoms with E-state index in [1.54, 1.807) is 0 Å². The molecule has 0 amide bonds. The topological polar surface area (TPSA) is 15.6 Å². The van der Waals surface area contributed by atoms with Crippen molar-refractivity contribution in [2.24, 2.45) is 4.99 Å². The van der Waals surface area contributed by atoms with Crippen molar-refractivity contribution in [3.63, 3.8) is 0 Å². The third kappa shape index (κ3) is 3.27. The highest BCUT2D eigenvalue weighted by Crippen LogP contribution is 2.31. The van der Waals surface area contributed by atoms with E-state index in [9.17, 15) is 0 Å². The van der Waals surface area contributed by atoms with Gasteiger partial charge in [-0.3, -0.25) is 4.99 Å². The SMILES string of the molecule is CCCCCC1N=C2CCCN2C1CCCCC. The van der Waals surface area contributed by atoms with Crippen LogP contribution in [-0.4, -0.2) is 29.4 Å². The van der Waals surface area contributed by atoms with E-state index in [0.29, 0.717) is 6.04 Å². The molecule has 104 valence electrons. The molecule has 0 aliphatic carbocycles. The van der Waals surface area contributed by atoms with Crippen molar-refractivity contribution in [1.29, 1.82) is 0 Å². The Bertz CT molecular complexity index is 272. The van der Waals surface area contributed by atoms with Gasteiger partial charge in [-0.2, -0.15) is 0 Å². The summed E-state index contributed by atoms with van der Waals surface area (Å²) in [5.74, 6) is 1.44. The molecule has 0 spiro atoms. The Morgan fingerprint density at radius 2 is 1.78 bits per heavy atom. The fourth-order valence-corrected chi connectivity index (χ4v) is 3.47. The number of aliphatic imine (C=N–C) groups is 1. The molecule has 2 atom stereocenters. The third-order valence-electron chi connectivity index (χ3n) is 4.50. The van der Waals surface area contributed by atoms with Gasteiger partial charge in [0, 0.05) is 13.0 Å². The molecule has 1 saturated heterocycles. The number of unbranched alkanes of at least 4 members (excludes halogenated alkanes) is 4. The van der Waals surface area contributed by atoms with E-state index >= 15 is 0 Å². The summed E-state index contributed by atoms with van der Waals surface area (Å²) in [5, 5.41) is 0. The van der Waals surface area contributed by atoms with Gasteiger partial charge in [-0.1, -0.05) is 52.4 Å². The van der Waals surface area contributed by atoms with Gasteiger partial charge in [-0.05, 0) is 19.3 Å². The van der Waals surface area contributed by atoms with Crippen LogP contribution in [0.15, 0.2) is 4.99 Å². The third-order valence-corrected chi connectivity index (χ3v) is 4.50. The largest absolute Gasteiger partial charge is 0.355 e. The lowest BCUT2D eigenvalue weighted by molar-refractivity contribution is 0.284.